The van der Waals surface area contributed by atoms with Crippen LogP contribution >= 0.6 is 11.6 Å². The van der Waals surface area contributed by atoms with E-state index in [2.05, 4.69) is 30.6 Å². The van der Waals surface area contributed by atoms with E-state index in [0.29, 0.717) is 28.6 Å². The van der Waals surface area contributed by atoms with E-state index in [-0.39, 0.29) is 23.8 Å². The molecule has 0 saturated heterocycles. The summed E-state index contributed by atoms with van der Waals surface area (Å²) in [6.07, 6.45) is 8.47. The number of aromatic amines is 1. The summed E-state index contributed by atoms with van der Waals surface area (Å²) < 4.78 is 14.5. The zero-order chi connectivity index (χ0) is 22.0. The molecule has 0 bridgehead atoms. The van der Waals surface area contributed by atoms with Crippen molar-refractivity contribution in [3.05, 3.63) is 35.5 Å². The summed E-state index contributed by atoms with van der Waals surface area (Å²) in [5.74, 6) is 0.175. The van der Waals surface area contributed by atoms with Crippen molar-refractivity contribution in [2.45, 2.75) is 31.7 Å². The van der Waals surface area contributed by atoms with Crippen LogP contribution in [0.25, 0.3) is 22.4 Å². The minimum atomic E-state index is -0.524. The number of aromatic nitrogens is 4. The highest BCUT2D eigenvalue weighted by molar-refractivity contribution is 6.31. The number of carbonyl (C=O) groups is 1. The van der Waals surface area contributed by atoms with E-state index in [1.54, 1.807) is 32.6 Å². The van der Waals surface area contributed by atoms with Gasteiger partial charge in [-0.05, 0) is 24.8 Å². The first-order valence-electron chi connectivity index (χ1n) is 10.3. The molecule has 4 rings (SSSR count). The molecule has 2 atom stereocenters. The molecule has 1 aliphatic rings. The van der Waals surface area contributed by atoms with Gasteiger partial charge in [-0.3, -0.25) is 0 Å². The number of pyridine rings is 1. The lowest BCUT2D eigenvalue weighted by atomic mass is 9.84. The Morgan fingerprint density at radius 3 is 2.90 bits per heavy atom. The fraction of sp³-hybridized carbons (Fsp3) is 0.429. The van der Waals surface area contributed by atoms with Crippen LogP contribution in [-0.2, 0) is 0 Å². The lowest BCUT2D eigenvalue weighted by Crippen LogP contribution is -2.48. The van der Waals surface area contributed by atoms with Crippen LogP contribution in [0.2, 0.25) is 5.02 Å². The molecule has 2 amide bonds. The van der Waals surface area contributed by atoms with Gasteiger partial charge in [0, 0.05) is 50.0 Å². The second-order valence-electron chi connectivity index (χ2n) is 8.02. The SMILES string of the molecule is CN(C)C(=O)NC1CCCCC1CNc1nc(-c2c[nH]c3ncc(Cl)cc23)ncc1F. The van der Waals surface area contributed by atoms with Gasteiger partial charge in [0.1, 0.15) is 5.65 Å². The van der Waals surface area contributed by atoms with Crippen molar-refractivity contribution in [2.24, 2.45) is 5.92 Å². The summed E-state index contributed by atoms with van der Waals surface area (Å²) in [7, 11) is 3.44. The monoisotopic (exact) mass is 445 g/mol. The van der Waals surface area contributed by atoms with Gasteiger partial charge in [-0.15, -0.1) is 0 Å². The first-order valence-corrected chi connectivity index (χ1v) is 10.7. The van der Waals surface area contributed by atoms with Gasteiger partial charge in [0.2, 0.25) is 0 Å². The Balaban J connectivity index is 1.52. The lowest BCUT2D eigenvalue weighted by molar-refractivity contribution is 0.198. The van der Waals surface area contributed by atoms with Crippen LogP contribution in [0.4, 0.5) is 15.0 Å². The van der Waals surface area contributed by atoms with Crippen LogP contribution in [-0.4, -0.2) is 57.5 Å². The van der Waals surface area contributed by atoms with E-state index in [0.717, 1.165) is 37.3 Å². The molecule has 0 aliphatic heterocycles. The van der Waals surface area contributed by atoms with Crippen molar-refractivity contribution in [1.29, 1.82) is 0 Å². The number of halogens is 2. The Hall–Kier alpha value is -2.94. The standard InChI is InChI=1S/C21H25ClFN7O/c1-30(2)21(31)28-17-6-4-3-5-12(17)8-24-20-16(23)11-27-19(29-20)15-10-26-18-14(15)7-13(22)9-25-18/h7,9-12,17H,3-6,8H2,1-2H3,(H,25,26)(H,28,31)(H,24,27,29). The van der Waals surface area contributed by atoms with Crippen LogP contribution in [0.1, 0.15) is 25.7 Å². The van der Waals surface area contributed by atoms with E-state index in [9.17, 15) is 9.18 Å². The number of hydrogen-bond donors (Lipinski definition) is 3. The molecule has 3 N–H and O–H groups in total. The molecular weight excluding hydrogens is 421 g/mol. The van der Waals surface area contributed by atoms with Crippen LogP contribution < -0.4 is 10.6 Å². The zero-order valence-corrected chi connectivity index (χ0v) is 18.2. The maximum absolute atomic E-state index is 14.5. The van der Waals surface area contributed by atoms with Crippen LogP contribution in [0.15, 0.2) is 24.7 Å². The summed E-state index contributed by atoms with van der Waals surface area (Å²) in [6.45, 7) is 0.507. The molecule has 0 radical (unpaired) electrons. The number of fused-ring (bicyclic) bond motifs is 1. The maximum atomic E-state index is 14.5. The lowest BCUT2D eigenvalue weighted by Gasteiger charge is -2.33. The van der Waals surface area contributed by atoms with Gasteiger partial charge in [0.05, 0.1) is 11.2 Å². The molecule has 31 heavy (non-hydrogen) atoms. The molecule has 10 heteroatoms. The Bertz CT molecular complexity index is 1090. The molecule has 3 aromatic rings. The van der Waals surface area contributed by atoms with Crippen molar-refractivity contribution in [1.82, 2.24) is 30.2 Å². The molecule has 3 aromatic heterocycles. The molecule has 0 aromatic carbocycles. The molecule has 0 spiro atoms. The van der Waals surface area contributed by atoms with Gasteiger partial charge in [-0.2, -0.15) is 0 Å². The van der Waals surface area contributed by atoms with Gasteiger partial charge >= 0.3 is 6.03 Å². The number of anilines is 1. The third-order valence-electron chi connectivity index (χ3n) is 5.64. The van der Waals surface area contributed by atoms with Gasteiger partial charge < -0.3 is 20.5 Å². The summed E-state index contributed by atoms with van der Waals surface area (Å²) in [4.78, 5) is 29.5. The highest BCUT2D eigenvalue weighted by Crippen LogP contribution is 2.29. The average molecular weight is 446 g/mol. The number of H-pyrrole nitrogens is 1. The molecule has 1 aliphatic carbocycles. The molecule has 1 saturated carbocycles. The number of nitrogens with zero attached hydrogens (tertiary/aromatic N) is 4. The third kappa shape index (κ3) is 4.71. The Kier molecular flexibility index (Phi) is 6.22. The maximum Gasteiger partial charge on any atom is 0.317 e. The van der Waals surface area contributed by atoms with Gasteiger partial charge in [0.25, 0.3) is 0 Å². The Labute approximate surface area is 184 Å². The first-order chi connectivity index (χ1) is 14.9. The fourth-order valence-corrected chi connectivity index (χ4v) is 4.10. The Morgan fingerprint density at radius 1 is 1.29 bits per heavy atom. The zero-order valence-electron chi connectivity index (χ0n) is 17.5. The van der Waals surface area contributed by atoms with Crippen molar-refractivity contribution < 1.29 is 9.18 Å². The number of urea groups is 1. The summed E-state index contributed by atoms with van der Waals surface area (Å²) >= 11 is 6.07. The number of rotatable bonds is 5. The second kappa shape index (κ2) is 9.05. The first kappa shape index (κ1) is 21.3. The molecular formula is C21H25ClFN7O. The van der Waals surface area contributed by atoms with Crippen LogP contribution in [0, 0.1) is 11.7 Å². The average Bonchev–Trinajstić information content (AvgIpc) is 3.17. The molecule has 3 heterocycles. The van der Waals surface area contributed by atoms with E-state index in [4.69, 9.17) is 11.6 Å². The molecule has 2 unspecified atom stereocenters. The fourth-order valence-electron chi connectivity index (χ4n) is 3.94. The number of amides is 2. The van der Waals surface area contributed by atoms with Crippen molar-refractivity contribution >= 4 is 34.5 Å². The van der Waals surface area contributed by atoms with E-state index < -0.39 is 5.82 Å². The smallest absolute Gasteiger partial charge is 0.317 e. The number of carbonyl (C=O) groups excluding carboxylic acids is 1. The summed E-state index contributed by atoms with van der Waals surface area (Å²) in [5.41, 5.74) is 1.35. The summed E-state index contributed by atoms with van der Waals surface area (Å²) in [5, 5.41) is 7.47. The molecule has 8 nitrogen and oxygen atoms in total. The predicted octanol–water partition coefficient (Wildman–Crippen LogP) is 4.05. The van der Waals surface area contributed by atoms with Gasteiger partial charge in [0.15, 0.2) is 17.5 Å². The largest absolute Gasteiger partial charge is 0.367 e. The van der Waals surface area contributed by atoms with Gasteiger partial charge in [-0.25, -0.2) is 24.1 Å². The predicted molar refractivity (Wildman–Crippen MR) is 119 cm³/mol. The number of nitrogens with one attached hydrogen (secondary N) is 3. The van der Waals surface area contributed by atoms with E-state index in [1.165, 1.54) is 4.90 Å². The highest BCUT2D eigenvalue weighted by Gasteiger charge is 2.27. The van der Waals surface area contributed by atoms with Gasteiger partial charge in [-0.1, -0.05) is 24.4 Å². The highest BCUT2D eigenvalue weighted by atomic mass is 35.5. The molecule has 1 fully saturated rings. The quantitative estimate of drug-likeness (QED) is 0.550. The second-order valence-corrected chi connectivity index (χ2v) is 8.45. The minimum absolute atomic E-state index is 0.0438. The summed E-state index contributed by atoms with van der Waals surface area (Å²) in [6, 6.07) is 1.71. The van der Waals surface area contributed by atoms with E-state index in [1.807, 2.05) is 0 Å². The molecule has 164 valence electrons. The van der Waals surface area contributed by atoms with Crippen molar-refractivity contribution in [3.63, 3.8) is 0 Å². The normalized spacial score (nSPS) is 18.7. The van der Waals surface area contributed by atoms with Crippen LogP contribution in [0.3, 0.4) is 0 Å². The minimum Gasteiger partial charge on any atom is -0.367 e. The van der Waals surface area contributed by atoms with Crippen LogP contribution in [0.5, 0.6) is 0 Å². The third-order valence-corrected chi connectivity index (χ3v) is 5.85. The topological polar surface area (TPSA) is 98.8 Å². The number of hydrogen-bond acceptors (Lipinski definition) is 5. The Morgan fingerprint density at radius 2 is 2.10 bits per heavy atom. The van der Waals surface area contributed by atoms with E-state index >= 15 is 0 Å². The van der Waals surface area contributed by atoms with Crippen molar-refractivity contribution in [2.75, 3.05) is 26.0 Å². The van der Waals surface area contributed by atoms with Crippen molar-refractivity contribution in [3.8, 4) is 11.4 Å².